The summed E-state index contributed by atoms with van der Waals surface area (Å²) in [6, 6.07) is 17.3. The minimum absolute atomic E-state index is 0.00589. The van der Waals surface area contributed by atoms with Crippen molar-refractivity contribution < 1.29 is 28.2 Å². The second-order valence-electron chi connectivity index (χ2n) is 6.54. The van der Waals surface area contributed by atoms with Gasteiger partial charge in [-0.3, -0.25) is 5.32 Å². The van der Waals surface area contributed by atoms with Gasteiger partial charge in [0.15, 0.2) is 11.6 Å². The summed E-state index contributed by atoms with van der Waals surface area (Å²) in [7, 11) is 0. The third kappa shape index (κ3) is 3.31. The van der Waals surface area contributed by atoms with E-state index in [2.05, 4.69) is 5.32 Å². The Morgan fingerprint density at radius 3 is 2.10 bits per heavy atom. The van der Waals surface area contributed by atoms with Crippen LogP contribution in [0, 0.1) is 11.6 Å². The summed E-state index contributed by atoms with van der Waals surface area (Å²) < 4.78 is 32.4. The maximum atomic E-state index is 13.8. The van der Waals surface area contributed by atoms with Crippen molar-refractivity contribution in [1.29, 1.82) is 0 Å². The molecule has 29 heavy (non-hydrogen) atoms. The molecule has 3 aromatic rings. The second kappa shape index (κ2) is 7.35. The molecule has 0 bridgehead atoms. The smallest absolute Gasteiger partial charge is 0.411 e. The van der Waals surface area contributed by atoms with Crippen LogP contribution in [0.1, 0.15) is 27.4 Å². The molecule has 0 aliphatic heterocycles. The van der Waals surface area contributed by atoms with Crippen LogP contribution >= 0.6 is 0 Å². The van der Waals surface area contributed by atoms with Gasteiger partial charge < -0.3 is 9.84 Å². The van der Waals surface area contributed by atoms with E-state index in [1.807, 2.05) is 48.5 Å². The molecule has 0 unspecified atom stereocenters. The fourth-order valence-corrected chi connectivity index (χ4v) is 3.61. The van der Waals surface area contributed by atoms with Gasteiger partial charge in [-0.15, -0.1) is 0 Å². The van der Waals surface area contributed by atoms with Crippen LogP contribution in [0.5, 0.6) is 0 Å². The fraction of sp³-hybridized carbons (Fsp3) is 0.0909. The highest BCUT2D eigenvalue weighted by atomic mass is 19.2. The summed E-state index contributed by atoms with van der Waals surface area (Å²) in [6.45, 7) is 0.00589. The van der Waals surface area contributed by atoms with Crippen molar-refractivity contribution >= 4 is 17.7 Å². The molecule has 0 radical (unpaired) electrons. The van der Waals surface area contributed by atoms with Gasteiger partial charge in [0.05, 0.1) is 5.69 Å². The number of halogens is 2. The summed E-state index contributed by atoms with van der Waals surface area (Å²) >= 11 is 0. The third-order valence-corrected chi connectivity index (χ3v) is 4.89. The number of carbonyl (C=O) groups is 2. The number of carboxylic acids is 1. The van der Waals surface area contributed by atoms with Gasteiger partial charge in [0.1, 0.15) is 12.2 Å². The number of benzene rings is 3. The molecule has 4 rings (SSSR count). The molecule has 5 nitrogen and oxygen atoms in total. The lowest BCUT2D eigenvalue weighted by atomic mass is 9.98. The molecule has 1 amide bonds. The van der Waals surface area contributed by atoms with E-state index in [0.717, 1.165) is 34.4 Å². The highest BCUT2D eigenvalue weighted by molar-refractivity contribution is 5.99. The largest absolute Gasteiger partial charge is 0.478 e. The molecule has 1 aliphatic carbocycles. The number of carbonyl (C=O) groups excluding carboxylic acids is 1. The van der Waals surface area contributed by atoms with Crippen molar-refractivity contribution in [3.8, 4) is 11.1 Å². The first-order valence-electron chi connectivity index (χ1n) is 8.80. The molecular weight excluding hydrogens is 380 g/mol. The van der Waals surface area contributed by atoms with Crippen molar-refractivity contribution in [1.82, 2.24) is 0 Å². The molecule has 7 heteroatoms. The quantitative estimate of drug-likeness (QED) is 0.650. The van der Waals surface area contributed by atoms with Crippen LogP contribution < -0.4 is 5.32 Å². The van der Waals surface area contributed by atoms with Gasteiger partial charge in [-0.2, -0.15) is 0 Å². The number of hydrogen-bond acceptors (Lipinski definition) is 3. The van der Waals surface area contributed by atoms with Crippen LogP contribution in [0.2, 0.25) is 0 Å². The number of carboxylic acid groups (broad SMARTS) is 1. The first kappa shape index (κ1) is 18.6. The van der Waals surface area contributed by atoms with Crippen LogP contribution in [0.3, 0.4) is 0 Å². The Morgan fingerprint density at radius 1 is 0.931 bits per heavy atom. The van der Waals surface area contributed by atoms with Crippen molar-refractivity contribution in [2.24, 2.45) is 0 Å². The maximum Gasteiger partial charge on any atom is 0.411 e. The molecular formula is C22H15F2NO4. The number of fused-ring (bicyclic) bond motifs is 3. The standard InChI is InChI=1S/C22H15F2NO4/c23-17-9-10-18(19(20(17)24)21(26)27)25-22(28)29-11-16-14-7-3-1-5-12(14)13-6-2-4-8-15(13)16/h1-10,16H,11H2,(H,25,28)(H,26,27). The third-order valence-electron chi connectivity index (χ3n) is 4.89. The number of anilines is 1. The normalized spacial score (nSPS) is 12.2. The molecule has 0 fully saturated rings. The SMILES string of the molecule is O=C(Nc1ccc(F)c(F)c1C(=O)O)OCC1c2ccccc2-c2ccccc21. The summed E-state index contributed by atoms with van der Waals surface area (Å²) in [4.78, 5) is 23.4. The van der Waals surface area contributed by atoms with Crippen molar-refractivity contribution in [2.75, 3.05) is 11.9 Å². The van der Waals surface area contributed by atoms with E-state index in [1.165, 1.54) is 0 Å². The van der Waals surface area contributed by atoms with Gasteiger partial charge in [-0.05, 0) is 34.4 Å². The molecule has 0 saturated heterocycles. The Balaban J connectivity index is 1.53. The molecule has 146 valence electrons. The van der Waals surface area contributed by atoms with Crippen LogP contribution in [-0.4, -0.2) is 23.8 Å². The first-order valence-corrected chi connectivity index (χ1v) is 8.80. The summed E-state index contributed by atoms with van der Waals surface area (Å²) in [5, 5.41) is 11.3. The Hall–Kier alpha value is -3.74. The number of nitrogens with one attached hydrogen (secondary N) is 1. The molecule has 0 spiro atoms. The van der Waals surface area contributed by atoms with E-state index in [9.17, 15) is 18.4 Å². The lowest BCUT2D eigenvalue weighted by Gasteiger charge is -2.15. The molecule has 0 saturated carbocycles. The topological polar surface area (TPSA) is 75.6 Å². The Morgan fingerprint density at radius 2 is 1.52 bits per heavy atom. The number of amides is 1. The monoisotopic (exact) mass is 395 g/mol. The Kier molecular flexibility index (Phi) is 4.72. The predicted molar refractivity (Wildman–Crippen MR) is 102 cm³/mol. The van der Waals surface area contributed by atoms with Crippen LogP contribution in [0.4, 0.5) is 19.3 Å². The van der Waals surface area contributed by atoms with E-state index in [0.29, 0.717) is 0 Å². The lowest BCUT2D eigenvalue weighted by molar-refractivity contribution is 0.0692. The second-order valence-corrected chi connectivity index (χ2v) is 6.54. The first-order chi connectivity index (χ1) is 14.0. The molecule has 0 atom stereocenters. The number of aromatic carboxylic acids is 1. The molecule has 2 N–H and O–H groups in total. The minimum atomic E-state index is -1.70. The zero-order valence-electron chi connectivity index (χ0n) is 15.0. The van der Waals surface area contributed by atoms with Gasteiger partial charge in [0.25, 0.3) is 0 Å². The summed E-state index contributed by atoms with van der Waals surface area (Å²) in [6.07, 6.45) is -0.958. The van der Waals surface area contributed by atoms with Crippen LogP contribution in [0.15, 0.2) is 60.7 Å². The lowest BCUT2D eigenvalue weighted by Crippen LogP contribution is -2.20. The van der Waals surface area contributed by atoms with Gasteiger partial charge >= 0.3 is 12.1 Å². The number of ether oxygens (including phenoxy) is 1. The fourth-order valence-electron chi connectivity index (χ4n) is 3.61. The average molecular weight is 395 g/mol. The van der Waals surface area contributed by atoms with Crippen LogP contribution in [-0.2, 0) is 4.74 Å². The van der Waals surface area contributed by atoms with Gasteiger partial charge in [-0.25, -0.2) is 18.4 Å². The highest BCUT2D eigenvalue weighted by Crippen LogP contribution is 2.44. The molecule has 1 aliphatic rings. The van der Waals surface area contributed by atoms with E-state index in [4.69, 9.17) is 9.84 Å². The predicted octanol–water partition coefficient (Wildman–Crippen LogP) is 5.02. The van der Waals surface area contributed by atoms with Gasteiger partial charge in [0, 0.05) is 5.92 Å². The molecule has 0 aromatic heterocycles. The van der Waals surface area contributed by atoms with Gasteiger partial charge in [0.2, 0.25) is 0 Å². The van der Waals surface area contributed by atoms with Crippen LogP contribution in [0.25, 0.3) is 11.1 Å². The summed E-state index contributed by atoms with van der Waals surface area (Å²) in [5.41, 5.74) is 2.81. The maximum absolute atomic E-state index is 13.8. The van der Waals surface area contributed by atoms with E-state index in [-0.39, 0.29) is 18.2 Å². The zero-order chi connectivity index (χ0) is 20.5. The Labute approximate surface area is 164 Å². The number of hydrogen-bond donors (Lipinski definition) is 2. The molecule has 0 heterocycles. The number of rotatable bonds is 4. The Bertz CT molecular complexity index is 1080. The zero-order valence-corrected chi connectivity index (χ0v) is 15.0. The van der Waals surface area contributed by atoms with Crippen molar-refractivity contribution in [3.05, 3.63) is 89.0 Å². The average Bonchev–Trinajstić information content (AvgIpc) is 3.03. The van der Waals surface area contributed by atoms with Gasteiger partial charge in [-0.1, -0.05) is 48.5 Å². The van der Waals surface area contributed by atoms with Crippen molar-refractivity contribution in [2.45, 2.75) is 5.92 Å². The summed E-state index contributed by atoms with van der Waals surface area (Å²) in [5.74, 6) is -4.75. The minimum Gasteiger partial charge on any atom is -0.478 e. The van der Waals surface area contributed by atoms with Crippen molar-refractivity contribution in [3.63, 3.8) is 0 Å². The van der Waals surface area contributed by atoms with E-state index < -0.39 is 29.3 Å². The van der Waals surface area contributed by atoms with E-state index >= 15 is 0 Å². The molecule has 3 aromatic carbocycles. The van der Waals surface area contributed by atoms with E-state index in [1.54, 1.807) is 0 Å². The highest BCUT2D eigenvalue weighted by Gasteiger charge is 2.29.